The molecule has 27 heavy (non-hydrogen) atoms. The molecule has 0 spiro atoms. The Balaban J connectivity index is 2.01. The van der Waals surface area contributed by atoms with Crippen LogP contribution in [0.5, 0.6) is 5.75 Å². The van der Waals surface area contributed by atoms with Crippen molar-refractivity contribution in [1.82, 2.24) is 10.2 Å². The lowest BCUT2D eigenvalue weighted by molar-refractivity contribution is -0.275. The van der Waals surface area contributed by atoms with Gasteiger partial charge in [0.25, 0.3) is 0 Å². The number of benzene rings is 1. The first-order chi connectivity index (χ1) is 12.4. The number of nitrogens with one attached hydrogen (secondary N) is 1. The molecule has 9 heteroatoms. The number of hydrogen-bond acceptors (Lipinski definition) is 4. The van der Waals surface area contributed by atoms with Crippen LogP contribution in [0.3, 0.4) is 0 Å². The molecule has 1 saturated heterocycles. The number of likely N-dealkylation sites (tertiary alicyclic amines) is 1. The lowest BCUT2D eigenvalue weighted by Gasteiger charge is -2.34. The fourth-order valence-corrected chi connectivity index (χ4v) is 3.34. The highest BCUT2D eigenvalue weighted by atomic mass is 79.9. The average molecular weight is 453 g/mol. The first kappa shape index (κ1) is 21.8. The molecular weight excluding hydrogens is 429 g/mol. The lowest BCUT2D eigenvalue weighted by Crippen LogP contribution is -2.48. The Morgan fingerprint density at radius 2 is 2.04 bits per heavy atom. The van der Waals surface area contributed by atoms with Crippen LogP contribution in [0.25, 0.3) is 0 Å². The molecule has 0 saturated carbocycles. The van der Waals surface area contributed by atoms with Crippen molar-refractivity contribution in [1.29, 1.82) is 0 Å². The largest absolute Gasteiger partial charge is 0.573 e. The summed E-state index contributed by atoms with van der Waals surface area (Å²) < 4.78 is 48.0. The summed E-state index contributed by atoms with van der Waals surface area (Å²) in [4.78, 5) is 13.9. The predicted octanol–water partition coefficient (Wildman–Crippen LogP) is 4.84. The van der Waals surface area contributed by atoms with Crippen LogP contribution in [0.2, 0.25) is 0 Å². The maximum atomic E-state index is 12.6. The third-order valence-corrected chi connectivity index (χ3v) is 4.36. The van der Waals surface area contributed by atoms with E-state index in [2.05, 4.69) is 26.0 Å². The second kappa shape index (κ2) is 8.68. The Bertz CT molecular complexity index is 662. The van der Waals surface area contributed by atoms with E-state index in [0.29, 0.717) is 16.6 Å². The summed E-state index contributed by atoms with van der Waals surface area (Å²) >= 11 is 3.28. The van der Waals surface area contributed by atoms with Gasteiger partial charge in [0, 0.05) is 29.2 Å². The van der Waals surface area contributed by atoms with Crippen LogP contribution in [0, 0.1) is 0 Å². The van der Waals surface area contributed by atoms with Gasteiger partial charge in [0.15, 0.2) is 0 Å². The maximum Gasteiger partial charge on any atom is 0.573 e. The van der Waals surface area contributed by atoms with Gasteiger partial charge in [-0.15, -0.1) is 13.2 Å². The summed E-state index contributed by atoms with van der Waals surface area (Å²) in [6, 6.07) is 4.31. The number of rotatable bonds is 4. The van der Waals surface area contributed by atoms with Gasteiger partial charge in [0.2, 0.25) is 0 Å². The molecular formula is C18H24BrF3N2O3. The molecule has 1 aromatic rings. The van der Waals surface area contributed by atoms with Gasteiger partial charge in [-0.25, -0.2) is 4.79 Å². The quantitative estimate of drug-likeness (QED) is 0.710. The van der Waals surface area contributed by atoms with Crippen molar-refractivity contribution < 1.29 is 27.4 Å². The normalized spacial score (nSPS) is 18.9. The average Bonchev–Trinajstić information content (AvgIpc) is 2.47. The van der Waals surface area contributed by atoms with Gasteiger partial charge in [-0.3, -0.25) is 4.90 Å². The van der Waals surface area contributed by atoms with Gasteiger partial charge in [-0.05, 0) is 58.4 Å². The van der Waals surface area contributed by atoms with Crippen LogP contribution >= 0.6 is 15.9 Å². The van der Waals surface area contributed by atoms with Crippen LogP contribution in [0.1, 0.15) is 39.2 Å². The number of carbonyl (C=O) groups is 1. The smallest absolute Gasteiger partial charge is 0.444 e. The number of carbonyl (C=O) groups excluding carboxylic acids is 1. The monoisotopic (exact) mass is 452 g/mol. The SMILES string of the molecule is CC(C)(C)OC(=O)N[C@@H]1CCCN(Cc2cc(Br)ccc2OC(F)(F)F)C1. The molecule has 0 unspecified atom stereocenters. The molecule has 0 bridgehead atoms. The summed E-state index contributed by atoms with van der Waals surface area (Å²) in [5, 5.41) is 2.83. The van der Waals surface area contributed by atoms with Gasteiger partial charge in [-0.1, -0.05) is 15.9 Å². The highest BCUT2D eigenvalue weighted by Gasteiger charge is 2.32. The van der Waals surface area contributed by atoms with Crippen LogP contribution < -0.4 is 10.1 Å². The number of nitrogens with zero attached hydrogens (tertiary/aromatic N) is 1. The van der Waals surface area contributed by atoms with E-state index in [9.17, 15) is 18.0 Å². The molecule has 1 aliphatic rings. The topological polar surface area (TPSA) is 50.8 Å². The zero-order valence-electron chi connectivity index (χ0n) is 15.5. The van der Waals surface area contributed by atoms with E-state index in [0.717, 1.165) is 19.4 Å². The molecule has 0 radical (unpaired) electrons. The number of piperidine rings is 1. The van der Waals surface area contributed by atoms with E-state index in [1.165, 1.54) is 12.1 Å². The minimum atomic E-state index is -4.74. The zero-order chi connectivity index (χ0) is 20.2. The second-order valence-corrected chi connectivity index (χ2v) is 8.44. The van der Waals surface area contributed by atoms with Crippen LogP contribution in [-0.2, 0) is 11.3 Å². The number of alkyl halides is 3. The molecule has 1 aromatic carbocycles. The maximum absolute atomic E-state index is 12.6. The first-order valence-corrected chi connectivity index (χ1v) is 9.46. The second-order valence-electron chi connectivity index (χ2n) is 7.52. The minimum Gasteiger partial charge on any atom is -0.444 e. The summed E-state index contributed by atoms with van der Waals surface area (Å²) in [7, 11) is 0. The molecule has 0 aliphatic carbocycles. The Hall–Kier alpha value is -1.48. The Labute approximate surface area is 165 Å². The zero-order valence-corrected chi connectivity index (χ0v) is 17.1. The third kappa shape index (κ3) is 7.96. The molecule has 2 rings (SSSR count). The van der Waals surface area contributed by atoms with Crippen LogP contribution in [0.15, 0.2) is 22.7 Å². The summed E-state index contributed by atoms with van der Waals surface area (Å²) in [6.07, 6.45) is -3.62. The molecule has 5 nitrogen and oxygen atoms in total. The van der Waals surface area contributed by atoms with Crippen molar-refractivity contribution in [2.24, 2.45) is 0 Å². The Morgan fingerprint density at radius 3 is 2.67 bits per heavy atom. The molecule has 0 aromatic heterocycles. The fraction of sp³-hybridized carbons (Fsp3) is 0.611. The fourth-order valence-electron chi connectivity index (χ4n) is 2.93. The number of halogens is 4. The molecule has 1 N–H and O–H groups in total. The summed E-state index contributed by atoms with van der Waals surface area (Å²) in [6.45, 7) is 6.90. The highest BCUT2D eigenvalue weighted by molar-refractivity contribution is 9.10. The van der Waals surface area contributed by atoms with E-state index in [-0.39, 0.29) is 18.3 Å². The molecule has 152 valence electrons. The number of amides is 1. The molecule has 1 fully saturated rings. The van der Waals surface area contributed by atoms with Crippen LogP contribution in [-0.4, -0.2) is 42.1 Å². The van der Waals surface area contributed by atoms with E-state index in [4.69, 9.17) is 4.74 Å². The minimum absolute atomic E-state index is 0.118. The molecule has 1 atom stereocenters. The molecule has 1 heterocycles. The van der Waals surface area contributed by atoms with Gasteiger partial charge in [0.1, 0.15) is 11.4 Å². The van der Waals surface area contributed by atoms with Crippen molar-refractivity contribution >= 4 is 22.0 Å². The van der Waals surface area contributed by atoms with Gasteiger partial charge in [0.05, 0.1) is 0 Å². The number of alkyl carbamates (subject to hydrolysis) is 1. The Morgan fingerprint density at radius 1 is 1.33 bits per heavy atom. The van der Waals surface area contributed by atoms with Crippen molar-refractivity contribution in [2.75, 3.05) is 13.1 Å². The van der Waals surface area contributed by atoms with Crippen molar-refractivity contribution in [2.45, 2.75) is 58.2 Å². The lowest BCUT2D eigenvalue weighted by atomic mass is 10.0. The first-order valence-electron chi connectivity index (χ1n) is 8.67. The third-order valence-electron chi connectivity index (χ3n) is 3.87. The Kier molecular flexibility index (Phi) is 7.02. The van der Waals surface area contributed by atoms with E-state index in [1.54, 1.807) is 26.8 Å². The highest BCUT2D eigenvalue weighted by Crippen LogP contribution is 2.30. The van der Waals surface area contributed by atoms with Gasteiger partial charge in [-0.2, -0.15) is 0 Å². The van der Waals surface area contributed by atoms with Crippen molar-refractivity contribution in [3.63, 3.8) is 0 Å². The number of hydrogen-bond donors (Lipinski definition) is 1. The van der Waals surface area contributed by atoms with E-state index >= 15 is 0 Å². The van der Waals surface area contributed by atoms with Crippen molar-refractivity contribution in [3.8, 4) is 5.75 Å². The van der Waals surface area contributed by atoms with Crippen molar-refractivity contribution in [3.05, 3.63) is 28.2 Å². The summed E-state index contributed by atoms with van der Waals surface area (Å²) in [5.74, 6) is -0.215. The van der Waals surface area contributed by atoms with E-state index in [1.807, 2.05) is 4.90 Å². The van der Waals surface area contributed by atoms with Crippen LogP contribution in [0.4, 0.5) is 18.0 Å². The molecule has 1 aliphatic heterocycles. The number of ether oxygens (including phenoxy) is 2. The predicted molar refractivity (Wildman–Crippen MR) is 98.5 cm³/mol. The standard InChI is InChI=1S/C18H24BrF3N2O3/c1-17(2,3)27-16(25)23-14-5-4-8-24(11-14)10-12-9-13(19)6-7-15(12)26-18(20,21)22/h6-7,9,14H,4-5,8,10-11H2,1-3H3,(H,23,25)/t14-/m1/s1. The summed E-state index contributed by atoms with van der Waals surface area (Å²) in [5.41, 5.74) is -0.155. The van der Waals surface area contributed by atoms with E-state index < -0.39 is 18.1 Å². The van der Waals surface area contributed by atoms with Gasteiger partial charge < -0.3 is 14.8 Å². The van der Waals surface area contributed by atoms with Gasteiger partial charge >= 0.3 is 12.5 Å². The molecule has 1 amide bonds.